The topological polar surface area (TPSA) is 65.8 Å². The van der Waals surface area contributed by atoms with Gasteiger partial charge in [0.05, 0.1) is 23.5 Å². The van der Waals surface area contributed by atoms with Gasteiger partial charge in [0.15, 0.2) is 0 Å². The Labute approximate surface area is 165 Å². The molecule has 1 saturated carbocycles. The molecule has 3 aromatic rings. The highest BCUT2D eigenvalue weighted by Crippen LogP contribution is 2.36. The van der Waals surface area contributed by atoms with Gasteiger partial charge in [0, 0.05) is 16.5 Å². The maximum atomic E-state index is 13.4. The first-order valence-corrected chi connectivity index (χ1v) is 9.78. The van der Waals surface area contributed by atoms with Crippen molar-refractivity contribution in [2.24, 2.45) is 5.10 Å². The molecule has 0 atom stereocenters. The van der Waals surface area contributed by atoms with E-state index in [1.807, 2.05) is 41.6 Å². The van der Waals surface area contributed by atoms with Crippen LogP contribution in [0.3, 0.4) is 0 Å². The third kappa shape index (κ3) is 3.80. The van der Waals surface area contributed by atoms with Gasteiger partial charge in [-0.3, -0.25) is 0 Å². The maximum Gasteiger partial charge on any atom is 0.336 e. The minimum absolute atomic E-state index is 0.112. The van der Waals surface area contributed by atoms with Crippen LogP contribution >= 0.6 is 11.3 Å². The van der Waals surface area contributed by atoms with Gasteiger partial charge in [-0.1, -0.05) is 24.3 Å². The molecule has 1 N–H and O–H groups in total. The fraction of sp³-hybridized carbons (Fsp3) is 0.190. The zero-order valence-corrected chi connectivity index (χ0v) is 16.0. The lowest BCUT2D eigenvalue weighted by molar-refractivity contribution is 0.0696. The van der Waals surface area contributed by atoms with Crippen molar-refractivity contribution in [2.45, 2.75) is 25.8 Å². The second-order valence-electron chi connectivity index (χ2n) is 6.69. The van der Waals surface area contributed by atoms with E-state index in [9.17, 15) is 14.3 Å². The summed E-state index contributed by atoms with van der Waals surface area (Å²) in [6.45, 7) is 2.05. The summed E-state index contributed by atoms with van der Waals surface area (Å²) in [4.78, 5) is 16.1. The molecule has 0 saturated heterocycles. The number of hydrogen-bond donors (Lipinski definition) is 1. The Bertz CT molecular complexity index is 1060. The number of carboxylic acids is 1. The van der Waals surface area contributed by atoms with Gasteiger partial charge >= 0.3 is 5.97 Å². The van der Waals surface area contributed by atoms with E-state index >= 15 is 0 Å². The average Bonchev–Trinajstić information content (AvgIpc) is 3.40. The van der Waals surface area contributed by atoms with Crippen LogP contribution in [0.2, 0.25) is 0 Å². The molecule has 0 amide bonds. The largest absolute Gasteiger partial charge is 0.478 e. The second-order valence-corrected chi connectivity index (χ2v) is 7.52. The van der Waals surface area contributed by atoms with E-state index in [2.05, 4.69) is 5.10 Å². The Hall–Kier alpha value is -3.06. The van der Waals surface area contributed by atoms with E-state index < -0.39 is 11.8 Å². The van der Waals surface area contributed by atoms with Crippen LogP contribution in [0, 0.1) is 12.7 Å². The minimum Gasteiger partial charge on any atom is -0.478 e. The van der Waals surface area contributed by atoms with Gasteiger partial charge < -0.3 is 5.11 Å². The lowest BCUT2D eigenvalue weighted by Gasteiger charge is -2.14. The summed E-state index contributed by atoms with van der Waals surface area (Å²) < 4.78 is 13.4. The fourth-order valence-electron chi connectivity index (χ4n) is 2.92. The van der Waals surface area contributed by atoms with Crippen LogP contribution in [0.1, 0.15) is 34.3 Å². The molecular weight excluding hydrogens is 377 g/mol. The van der Waals surface area contributed by atoms with Crippen molar-refractivity contribution in [3.8, 4) is 11.3 Å². The molecule has 1 heterocycles. The third-order valence-corrected chi connectivity index (χ3v) is 5.40. The van der Waals surface area contributed by atoms with Gasteiger partial charge in [-0.05, 0) is 43.5 Å². The van der Waals surface area contributed by atoms with Crippen LogP contribution in [0.15, 0.2) is 52.9 Å². The predicted molar refractivity (Wildman–Crippen MR) is 109 cm³/mol. The van der Waals surface area contributed by atoms with Crippen molar-refractivity contribution >= 4 is 28.7 Å². The van der Waals surface area contributed by atoms with Crippen LogP contribution in [-0.2, 0) is 0 Å². The Balaban J connectivity index is 1.64. The molecule has 0 spiro atoms. The van der Waals surface area contributed by atoms with Crippen molar-refractivity contribution in [2.75, 3.05) is 5.01 Å². The summed E-state index contributed by atoms with van der Waals surface area (Å²) in [5.74, 6) is -1.77. The number of rotatable bonds is 6. The Kier molecular flexibility index (Phi) is 4.92. The Morgan fingerprint density at radius 1 is 1.32 bits per heavy atom. The van der Waals surface area contributed by atoms with E-state index in [-0.39, 0.29) is 11.6 Å². The van der Waals surface area contributed by atoms with Crippen LogP contribution in [0.4, 0.5) is 9.52 Å². The maximum absolute atomic E-state index is 13.4. The molecule has 142 valence electrons. The number of anilines is 1. The van der Waals surface area contributed by atoms with Gasteiger partial charge in [-0.2, -0.15) is 5.10 Å². The molecule has 7 heteroatoms. The zero-order valence-electron chi connectivity index (χ0n) is 15.2. The normalized spacial score (nSPS) is 13.8. The number of aryl methyl sites for hydroxylation is 1. The van der Waals surface area contributed by atoms with E-state index in [1.165, 1.54) is 29.7 Å². The SMILES string of the molecule is Cc1ccccc1-c1csc(N(N=Cc2ccc(F)cc2C(=O)O)C2CC2)n1. The van der Waals surface area contributed by atoms with Crippen LogP contribution < -0.4 is 5.01 Å². The minimum atomic E-state index is -1.19. The summed E-state index contributed by atoms with van der Waals surface area (Å²) in [7, 11) is 0. The molecule has 5 nitrogen and oxygen atoms in total. The highest BCUT2D eigenvalue weighted by molar-refractivity contribution is 7.14. The summed E-state index contributed by atoms with van der Waals surface area (Å²) >= 11 is 1.50. The van der Waals surface area contributed by atoms with Crippen molar-refractivity contribution in [1.29, 1.82) is 0 Å². The number of benzene rings is 2. The van der Waals surface area contributed by atoms with E-state index in [1.54, 1.807) is 0 Å². The van der Waals surface area contributed by atoms with E-state index in [0.29, 0.717) is 5.56 Å². The van der Waals surface area contributed by atoms with E-state index in [4.69, 9.17) is 4.98 Å². The Morgan fingerprint density at radius 2 is 2.11 bits per heavy atom. The number of carboxylic acid groups (broad SMARTS) is 1. The molecule has 28 heavy (non-hydrogen) atoms. The summed E-state index contributed by atoms with van der Waals surface area (Å²) in [5, 5.41) is 18.4. The molecule has 0 unspecified atom stereocenters. The van der Waals surface area contributed by atoms with Crippen LogP contribution in [0.5, 0.6) is 0 Å². The first kappa shape index (κ1) is 18.3. The van der Waals surface area contributed by atoms with Crippen LogP contribution in [0.25, 0.3) is 11.3 Å². The lowest BCUT2D eigenvalue weighted by Crippen LogP contribution is -2.19. The molecule has 1 aromatic heterocycles. The number of nitrogens with zero attached hydrogens (tertiary/aromatic N) is 3. The smallest absolute Gasteiger partial charge is 0.336 e. The average molecular weight is 395 g/mol. The molecule has 0 bridgehead atoms. The molecule has 0 radical (unpaired) electrons. The van der Waals surface area contributed by atoms with Gasteiger partial charge in [0.2, 0.25) is 5.13 Å². The molecule has 4 rings (SSSR count). The monoisotopic (exact) mass is 395 g/mol. The van der Waals surface area contributed by atoms with Crippen molar-refractivity contribution < 1.29 is 14.3 Å². The number of hydrazone groups is 1. The van der Waals surface area contributed by atoms with E-state index in [0.717, 1.165) is 40.9 Å². The van der Waals surface area contributed by atoms with Crippen molar-refractivity contribution in [3.63, 3.8) is 0 Å². The molecule has 1 aliphatic rings. The lowest BCUT2D eigenvalue weighted by atomic mass is 10.1. The summed E-state index contributed by atoms with van der Waals surface area (Å²) in [5.41, 5.74) is 3.37. The van der Waals surface area contributed by atoms with Crippen LogP contribution in [-0.4, -0.2) is 28.3 Å². The molecule has 0 aliphatic heterocycles. The summed E-state index contributed by atoms with van der Waals surface area (Å²) in [6.07, 6.45) is 3.48. The molecule has 2 aromatic carbocycles. The predicted octanol–water partition coefficient (Wildman–Crippen LogP) is 4.96. The number of halogens is 1. The van der Waals surface area contributed by atoms with Crippen molar-refractivity contribution in [3.05, 3.63) is 70.4 Å². The molecular formula is C21H18FN3O2S. The molecule has 1 fully saturated rings. The highest BCUT2D eigenvalue weighted by Gasteiger charge is 2.31. The van der Waals surface area contributed by atoms with Gasteiger partial charge in [-0.15, -0.1) is 11.3 Å². The fourth-order valence-corrected chi connectivity index (χ4v) is 3.78. The summed E-state index contributed by atoms with van der Waals surface area (Å²) in [6, 6.07) is 12.0. The van der Waals surface area contributed by atoms with Gasteiger partial charge in [-0.25, -0.2) is 19.2 Å². The molecule has 1 aliphatic carbocycles. The first-order valence-electron chi connectivity index (χ1n) is 8.90. The Morgan fingerprint density at radius 3 is 2.82 bits per heavy atom. The highest BCUT2D eigenvalue weighted by atomic mass is 32.1. The number of carbonyl (C=O) groups is 1. The number of aromatic nitrogens is 1. The number of hydrogen-bond acceptors (Lipinski definition) is 5. The standard InChI is InChI=1S/C21H18FN3O2S/c1-13-4-2-3-5-17(13)19-12-28-21(24-19)25(16-8-9-16)23-11-14-6-7-15(22)10-18(14)20(26)27/h2-7,10-12,16H,8-9H2,1H3,(H,26,27). The third-order valence-electron chi connectivity index (χ3n) is 4.57. The number of thiazole rings is 1. The van der Waals surface area contributed by atoms with Gasteiger partial charge in [0.25, 0.3) is 0 Å². The zero-order chi connectivity index (χ0) is 19.7. The van der Waals surface area contributed by atoms with Crippen molar-refractivity contribution in [1.82, 2.24) is 4.98 Å². The first-order chi connectivity index (χ1) is 13.5. The second kappa shape index (κ2) is 7.52. The number of aromatic carboxylic acids is 1. The van der Waals surface area contributed by atoms with Gasteiger partial charge in [0.1, 0.15) is 5.82 Å². The quantitative estimate of drug-likeness (QED) is 0.473.